The Labute approximate surface area is 74.1 Å². The molecule has 6 nitrogen and oxygen atoms in total. The molecule has 0 fully saturated rings. The summed E-state index contributed by atoms with van der Waals surface area (Å²) in [6, 6.07) is 1.32. The number of methoxy groups -OCH3 is 1. The lowest BCUT2D eigenvalue weighted by Gasteiger charge is -2.02. The Kier molecular flexibility index (Phi) is 2.32. The smallest absolute Gasteiger partial charge is 0.379 e. The minimum absolute atomic E-state index is 0.0445. The molecule has 0 unspecified atom stereocenters. The summed E-state index contributed by atoms with van der Waals surface area (Å²) in [4.78, 5) is 9.78. The first-order chi connectivity index (χ1) is 6.06. The van der Waals surface area contributed by atoms with Gasteiger partial charge in [0.15, 0.2) is 0 Å². The highest BCUT2D eigenvalue weighted by atomic mass is 16.6. The molecule has 0 N–H and O–H groups in total. The molecule has 0 radical (unpaired) electrons. The number of nitro groups is 1. The highest BCUT2D eigenvalue weighted by Gasteiger charge is 2.18. The standard InChI is InChI=1S/C7H8N2O4/c1-5-3-7(13-2)8(10)4-6(5)9(11)12/h3-4H,1-2H3. The van der Waals surface area contributed by atoms with Gasteiger partial charge in [0.1, 0.15) is 0 Å². The van der Waals surface area contributed by atoms with E-state index in [4.69, 9.17) is 0 Å². The topological polar surface area (TPSA) is 79.3 Å². The van der Waals surface area contributed by atoms with Crippen molar-refractivity contribution in [2.24, 2.45) is 0 Å². The van der Waals surface area contributed by atoms with Crippen LogP contribution in [0.15, 0.2) is 12.3 Å². The lowest BCUT2D eigenvalue weighted by atomic mass is 10.2. The summed E-state index contributed by atoms with van der Waals surface area (Å²) < 4.78 is 5.01. The van der Waals surface area contributed by atoms with Crippen molar-refractivity contribution in [3.05, 3.63) is 33.1 Å². The van der Waals surface area contributed by atoms with Gasteiger partial charge >= 0.3 is 11.6 Å². The van der Waals surface area contributed by atoms with Crippen LogP contribution in [0.25, 0.3) is 0 Å². The van der Waals surface area contributed by atoms with Crippen molar-refractivity contribution in [3.63, 3.8) is 0 Å². The Morgan fingerprint density at radius 3 is 2.69 bits per heavy atom. The van der Waals surface area contributed by atoms with E-state index in [0.29, 0.717) is 10.3 Å². The number of nitrogens with zero attached hydrogens (tertiary/aromatic N) is 2. The predicted molar refractivity (Wildman–Crippen MR) is 43.3 cm³/mol. The molecule has 0 aliphatic rings. The van der Waals surface area contributed by atoms with Crippen molar-refractivity contribution in [2.45, 2.75) is 6.92 Å². The van der Waals surface area contributed by atoms with Crippen LogP contribution in [0.3, 0.4) is 0 Å². The third-order valence-electron chi connectivity index (χ3n) is 1.61. The summed E-state index contributed by atoms with van der Waals surface area (Å²) in [5.74, 6) is 0.0445. The van der Waals surface area contributed by atoms with E-state index in [2.05, 4.69) is 4.74 Å². The van der Waals surface area contributed by atoms with Crippen molar-refractivity contribution < 1.29 is 14.4 Å². The number of hydrogen-bond donors (Lipinski definition) is 0. The molecule has 0 saturated carbocycles. The Balaban J connectivity index is 3.28. The van der Waals surface area contributed by atoms with Crippen LogP contribution in [0, 0.1) is 22.2 Å². The first-order valence-electron chi connectivity index (χ1n) is 3.48. The Hall–Kier alpha value is -1.85. The molecule has 1 rings (SSSR count). The molecule has 13 heavy (non-hydrogen) atoms. The molecule has 0 bridgehead atoms. The van der Waals surface area contributed by atoms with Gasteiger partial charge in [0.05, 0.1) is 18.1 Å². The van der Waals surface area contributed by atoms with Crippen LogP contribution < -0.4 is 9.47 Å². The van der Waals surface area contributed by atoms with Gasteiger partial charge in [0.25, 0.3) is 6.20 Å². The van der Waals surface area contributed by atoms with E-state index < -0.39 is 4.92 Å². The second-order valence-electron chi connectivity index (χ2n) is 2.47. The largest absolute Gasteiger partial charge is 0.616 e. The average molecular weight is 184 g/mol. The van der Waals surface area contributed by atoms with Gasteiger partial charge in [-0.05, 0) is 6.92 Å². The van der Waals surface area contributed by atoms with E-state index in [1.165, 1.54) is 13.2 Å². The maximum Gasteiger partial charge on any atom is 0.379 e. The zero-order valence-electron chi connectivity index (χ0n) is 7.18. The van der Waals surface area contributed by atoms with E-state index in [1.807, 2.05) is 0 Å². The Morgan fingerprint density at radius 2 is 2.23 bits per heavy atom. The third kappa shape index (κ3) is 1.66. The minimum atomic E-state index is -0.608. The van der Waals surface area contributed by atoms with Crippen molar-refractivity contribution in [1.29, 1.82) is 0 Å². The first-order valence-corrected chi connectivity index (χ1v) is 3.48. The van der Waals surface area contributed by atoms with Crippen LogP contribution in [0.1, 0.15) is 5.56 Å². The third-order valence-corrected chi connectivity index (χ3v) is 1.61. The fourth-order valence-corrected chi connectivity index (χ4v) is 0.939. The normalized spacial score (nSPS) is 9.69. The molecule has 6 heteroatoms. The molecule has 1 aromatic heterocycles. The van der Waals surface area contributed by atoms with E-state index >= 15 is 0 Å². The molecular weight excluding hydrogens is 176 g/mol. The van der Waals surface area contributed by atoms with Crippen LogP contribution in [0.2, 0.25) is 0 Å². The molecule has 1 heterocycles. The number of rotatable bonds is 2. The number of ether oxygens (including phenoxy) is 1. The highest BCUT2D eigenvalue weighted by molar-refractivity contribution is 5.36. The van der Waals surface area contributed by atoms with Gasteiger partial charge in [-0.3, -0.25) is 10.1 Å². The second kappa shape index (κ2) is 3.26. The SMILES string of the molecule is COc1cc(C)c([N+](=O)[O-])c[n+]1[O-]. The van der Waals surface area contributed by atoms with Crippen LogP contribution >= 0.6 is 0 Å². The molecule has 70 valence electrons. The van der Waals surface area contributed by atoms with E-state index in [-0.39, 0.29) is 11.6 Å². The molecule has 0 aliphatic heterocycles. The van der Waals surface area contributed by atoms with Crippen LogP contribution in [0.5, 0.6) is 5.88 Å². The molecule has 0 amide bonds. The van der Waals surface area contributed by atoms with E-state index in [0.717, 1.165) is 6.20 Å². The summed E-state index contributed by atoms with van der Waals surface area (Å²) in [6.45, 7) is 1.54. The molecule has 0 aromatic carbocycles. The van der Waals surface area contributed by atoms with Crippen molar-refractivity contribution >= 4 is 5.69 Å². The summed E-state index contributed by atoms with van der Waals surface area (Å²) in [5, 5.41) is 21.4. The van der Waals surface area contributed by atoms with Gasteiger partial charge in [-0.2, -0.15) is 0 Å². The van der Waals surface area contributed by atoms with Gasteiger partial charge < -0.3 is 9.94 Å². The van der Waals surface area contributed by atoms with Gasteiger partial charge in [-0.25, -0.2) is 0 Å². The molecule has 0 spiro atoms. The monoisotopic (exact) mass is 184 g/mol. The number of aromatic nitrogens is 1. The first kappa shape index (κ1) is 9.24. The van der Waals surface area contributed by atoms with Crippen LogP contribution in [-0.2, 0) is 0 Å². The zero-order chi connectivity index (χ0) is 10.0. The van der Waals surface area contributed by atoms with E-state index in [9.17, 15) is 15.3 Å². The fraction of sp³-hybridized carbons (Fsp3) is 0.286. The molecule has 0 saturated heterocycles. The fourth-order valence-electron chi connectivity index (χ4n) is 0.939. The Bertz CT molecular complexity index is 351. The summed E-state index contributed by atoms with van der Waals surface area (Å²) in [7, 11) is 1.33. The maximum atomic E-state index is 11.0. The zero-order valence-corrected chi connectivity index (χ0v) is 7.18. The van der Waals surface area contributed by atoms with Gasteiger partial charge in [-0.15, -0.1) is 4.73 Å². The predicted octanol–water partition coefficient (Wildman–Crippen LogP) is 0.545. The number of hydrogen-bond acceptors (Lipinski definition) is 4. The Morgan fingerprint density at radius 1 is 1.62 bits per heavy atom. The maximum absolute atomic E-state index is 11.0. The van der Waals surface area contributed by atoms with Crippen LogP contribution in [0.4, 0.5) is 5.69 Å². The van der Waals surface area contributed by atoms with Crippen molar-refractivity contribution in [2.75, 3.05) is 7.11 Å². The average Bonchev–Trinajstić information content (AvgIpc) is 2.07. The second-order valence-corrected chi connectivity index (χ2v) is 2.47. The van der Waals surface area contributed by atoms with E-state index in [1.54, 1.807) is 6.92 Å². The summed E-state index contributed by atoms with van der Waals surface area (Å²) in [5.41, 5.74) is 0.185. The van der Waals surface area contributed by atoms with Gasteiger partial charge in [-0.1, -0.05) is 0 Å². The summed E-state index contributed by atoms with van der Waals surface area (Å²) in [6.07, 6.45) is 0.883. The quantitative estimate of drug-likeness (QED) is 0.291. The van der Waals surface area contributed by atoms with Gasteiger partial charge in [0, 0.05) is 5.56 Å². The van der Waals surface area contributed by atoms with Crippen LogP contribution in [-0.4, -0.2) is 12.0 Å². The number of pyridine rings is 1. The summed E-state index contributed by atoms with van der Waals surface area (Å²) >= 11 is 0. The van der Waals surface area contributed by atoms with Crippen molar-refractivity contribution in [1.82, 2.24) is 0 Å². The lowest BCUT2D eigenvalue weighted by molar-refractivity contribution is -0.616. The molecule has 1 aromatic rings. The molecule has 0 atom stereocenters. The minimum Gasteiger partial charge on any atom is -0.616 e. The highest BCUT2D eigenvalue weighted by Crippen LogP contribution is 2.18. The molecular formula is C7H8N2O4. The van der Waals surface area contributed by atoms with Gasteiger partial charge in [0.2, 0.25) is 0 Å². The number of aryl methyl sites for hydroxylation is 1. The lowest BCUT2D eigenvalue weighted by Crippen LogP contribution is -2.28. The van der Waals surface area contributed by atoms with Crippen molar-refractivity contribution in [3.8, 4) is 5.88 Å². The molecule has 0 aliphatic carbocycles.